The van der Waals surface area contributed by atoms with Crippen molar-refractivity contribution in [1.29, 1.82) is 0 Å². The van der Waals surface area contributed by atoms with Crippen LogP contribution in [0, 0.1) is 0 Å². The Morgan fingerprint density at radius 3 is 2.73 bits per heavy atom. The average Bonchev–Trinajstić information content (AvgIpc) is 3.53. The van der Waals surface area contributed by atoms with E-state index in [9.17, 15) is 4.79 Å². The SMILES string of the molecule is COCCn1nnnc1C1(N2CCCC2)CCN(C(=O)COCc2ccccc2)C1. The summed E-state index contributed by atoms with van der Waals surface area (Å²) in [5.41, 5.74) is 0.721. The van der Waals surface area contributed by atoms with Crippen LogP contribution in [-0.4, -0.2) is 82.4 Å². The van der Waals surface area contributed by atoms with Crippen molar-refractivity contribution in [3.8, 4) is 0 Å². The van der Waals surface area contributed by atoms with Crippen molar-refractivity contribution in [2.24, 2.45) is 0 Å². The first-order chi connectivity index (χ1) is 14.7. The lowest BCUT2D eigenvalue weighted by Crippen LogP contribution is -2.49. The molecule has 0 spiro atoms. The fraction of sp³-hybridized carbons (Fsp3) is 0.619. The number of hydrogen-bond acceptors (Lipinski definition) is 7. The number of ether oxygens (including phenoxy) is 2. The van der Waals surface area contributed by atoms with Gasteiger partial charge in [0, 0.05) is 20.2 Å². The van der Waals surface area contributed by atoms with E-state index in [1.54, 1.807) is 7.11 Å². The van der Waals surface area contributed by atoms with Gasteiger partial charge in [-0.1, -0.05) is 30.3 Å². The minimum absolute atomic E-state index is 0.0166. The van der Waals surface area contributed by atoms with Crippen LogP contribution in [-0.2, 0) is 33.0 Å². The van der Waals surface area contributed by atoms with Crippen LogP contribution in [0.25, 0.3) is 0 Å². The van der Waals surface area contributed by atoms with Crippen LogP contribution in [0.2, 0.25) is 0 Å². The number of aromatic nitrogens is 4. The summed E-state index contributed by atoms with van der Waals surface area (Å²) >= 11 is 0. The molecule has 0 radical (unpaired) electrons. The molecule has 9 nitrogen and oxygen atoms in total. The van der Waals surface area contributed by atoms with E-state index in [-0.39, 0.29) is 18.1 Å². The Bertz CT molecular complexity index is 823. The van der Waals surface area contributed by atoms with Gasteiger partial charge in [0.15, 0.2) is 5.82 Å². The van der Waals surface area contributed by atoms with E-state index < -0.39 is 0 Å². The zero-order valence-electron chi connectivity index (χ0n) is 17.6. The minimum Gasteiger partial charge on any atom is -0.383 e. The van der Waals surface area contributed by atoms with Gasteiger partial charge in [-0.05, 0) is 48.3 Å². The molecule has 30 heavy (non-hydrogen) atoms. The number of carbonyl (C=O) groups is 1. The highest BCUT2D eigenvalue weighted by atomic mass is 16.5. The Hall–Kier alpha value is -2.36. The lowest BCUT2D eigenvalue weighted by atomic mass is 9.95. The second-order valence-electron chi connectivity index (χ2n) is 7.99. The molecular weight excluding hydrogens is 384 g/mol. The maximum absolute atomic E-state index is 12.9. The van der Waals surface area contributed by atoms with Gasteiger partial charge >= 0.3 is 0 Å². The van der Waals surface area contributed by atoms with Crippen LogP contribution < -0.4 is 0 Å². The van der Waals surface area contributed by atoms with Crippen LogP contribution in [0.1, 0.15) is 30.7 Å². The smallest absolute Gasteiger partial charge is 0.248 e. The molecule has 1 unspecified atom stereocenters. The van der Waals surface area contributed by atoms with Crippen LogP contribution in [0.4, 0.5) is 0 Å². The number of benzene rings is 1. The highest BCUT2D eigenvalue weighted by Gasteiger charge is 2.50. The van der Waals surface area contributed by atoms with E-state index in [0.717, 1.165) is 43.7 Å². The van der Waals surface area contributed by atoms with Gasteiger partial charge in [-0.25, -0.2) is 4.68 Å². The molecule has 1 amide bonds. The van der Waals surface area contributed by atoms with Gasteiger partial charge in [-0.3, -0.25) is 9.69 Å². The number of nitrogens with zero attached hydrogens (tertiary/aromatic N) is 6. The zero-order chi connectivity index (χ0) is 20.8. The molecular formula is C21H30N6O3. The largest absolute Gasteiger partial charge is 0.383 e. The second-order valence-corrected chi connectivity index (χ2v) is 7.99. The third-order valence-corrected chi connectivity index (χ3v) is 6.10. The number of amides is 1. The van der Waals surface area contributed by atoms with Crippen molar-refractivity contribution >= 4 is 5.91 Å². The van der Waals surface area contributed by atoms with Crippen molar-refractivity contribution in [3.05, 3.63) is 41.7 Å². The fourth-order valence-electron chi connectivity index (χ4n) is 4.52. The highest BCUT2D eigenvalue weighted by molar-refractivity contribution is 5.78. The van der Waals surface area contributed by atoms with Crippen molar-refractivity contribution in [2.45, 2.75) is 38.0 Å². The molecule has 4 rings (SSSR count). The number of carbonyl (C=O) groups excluding carboxylic acids is 1. The van der Waals surface area contributed by atoms with Crippen molar-refractivity contribution in [3.63, 3.8) is 0 Å². The maximum Gasteiger partial charge on any atom is 0.248 e. The van der Waals surface area contributed by atoms with Gasteiger partial charge in [0.1, 0.15) is 12.1 Å². The third-order valence-electron chi connectivity index (χ3n) is 6.10. The van der Waals surface area contributed by atoms with Crippen molar-refractivity contribution in [1.82, 2.24) is 30.0 Å². The lowest BCUT2D eigenvalue weighted by Gasteiger charge is -2.37. The molecule has 3 heterocycles. The average molecular weight is 415 g/mol. The Balaban J connectivity index is 1.44. The number of tetrazole rings is 1. The molecule has 0 aliphatic carbocycles. The van der Waals surface area contributed by atoms with Gasteiger partial charge in [0.05, 0.1) is 19.8 Å². The van der Waals surface area contributed by atoms with E-state index in [4.69, 9.17) is 9.47 Å². The number of methoxy groups -OCH3 is 1. The predicted molar refractivity (Wildman–Crippen MR) is 109 cm³/mol. The van der Waals surface area contributed by atoms with Crippen molar-refractivity contribution in [2.75, 3.05) is 46.5 Å². The zero-order valence-corrected chi connectivity index (χ0v) is 17.6. The van der Waals surface area contributed by atoms with Crippen LogP contribution in [0.3, 0.4) is 0 Å². The number of likely N-dealkylation sites (tertiary alicyclic amines) is 2. The first kappa shape index (κ1) is 20.9. The molecule has 0 N–H and O–H groups in total. The van der Waals surface area contributed by atoms with Gasteiger partial charge in [0.25, 0.3) is 0 Å². The molecule has 2 aliphatic rings. The lowest BCUT2D eigenvalue weighted by molar-refractivity contribution is -0.136. The minimum atomic E-state index is -0.344. The molecule has 162 valence electrons. The monoisotopic (exact) mass is 414 g/mol. The molecule has 1 aromatic carbocycles. The molecule has 2 fully saturated rings. The number of hydrogen-bond donors (Lipinski definition) is 0. The topological polar surface area (TPSA) is 85.6 Å². The fourth-order valence-corrected chi connectivity index (χ4v) is 4.52. The van der Waals surface area contributed by atoms with E-state index in [0.29, 0.717) is 32.8 Å². The molecule has 2 saturated heterocycles. The maximum atomic E-state index is 12.9. The summed E-state index contributed by atoms with van der Waals surface area (Å²) in [5, 5.41) is 12.5. The first-order valence-electron chi connectivity index (χ1n) is 10.6. The number of rotatable bonds is 9. The summed E-state index contributed by atoms with van der Waals surface area (Å²) in [6, 6.07) is 9.91. The molecule has 0 saturated carbocycles. The van der Waals surface area contributed by atoms with Crippen molar-refractivity contribution < 1.29 is 14.3 Å². The summed E-state index contributed by atoms with van der Waals surface area (Å²) in [6.45, 7) is 4.95. The van der Waals surface area contributed by atoms with Crippen LogP contribution in [0.15, 0.2) is 30.3 Å². The second kappa shape index (κ2) is 9.63. The Morgan fingerprint density at radius 2 is 1.97 bits per heavy atom. The molecule has 0 bridgehead atoms. The van der Waals surface area contributed by atoms with Gasteiger partial charge in [-0.15, -0.1) is 5.10 Å². The molecule has 2 aromatic rings. The molecule has 1 atom stereocenters. The normalized spacial score (nSPS) is 22.1. The standard InChI is InChI=1S/C21H30N6O3/c1-29-14-13-27-20(22-23-24-27)21(26-10-5-6-11-26)9-12-25(17-21)19(28)16-30-15-18-7-3-2-4-8-18/h2-4,7-8H,5-6,9-17H2,1H3. The van der Waals surface area contributed by atoms with Crippen LogP contribution >= 0.6 is 0 Å². The third kappa shape index (κ3) is 4.38. The predicted octanol–water partition coefficient (Wildman–Crippen LogP) is 1.06. The quantitative estimate of drug-likeness (QED) is 0.606. The highest BCUT2D eigenvalue weighted by Crippen LogP contribution is 2.39. The van der Waals surface area contributed by atoms with E-state index >= 15 is 0 Å². The summed E-state index contributed by atoms with van der Waals surface area (Å²) in [6.07, 6.45) is 3.15. The summed E-state index contributed by atoms with van der Waals surface area (Å²) in [5.74, 6) is 0.852. The van der Waals surface area contributed by atoms with E-state index in [2.05, 4.69) is 20.4 Å². The van der Waals surface area contributed by atoms with Gasteiger partial charge < -0.3 is 14.4 Å². The summed E-state index contributed by atoms with van der Waals surface area (Å²) in [4.78, 5) is 17.2. The Kier molecular flexibility index (Phi) is 6.71. The van der Waals surface area contributed by atoms with Crippen LogP contribution in [0.5, 0.6) is 0 Å². The summed E-state index contributed by atoms with van der Waals surface area (Å²) in [7, 11) is 1.67. The summed E-state index contributed by atoms with van der Waals surface area (Å²) < 4.78 is 12.7. The molecule has 2 aliphatic heterocycles. The Morgan fingerprint density at radius 1 is 1.17 bits per heavy atom. The van der Waals surface area contributed by atoms with E-state index in [1.165, 1.54) is 0 Å². The molecule has 9 heteroatoms. The Labute approximate surface area is 176 Å². The van der Waals surface area contributed by atoms with Gasteiger partial charge in [-0.2, -0.15) is 0 Å². The van der Waals surface area contributed by atoms with E-state index in [1.807, 2.05) is 39.9 Å². The first-order valence-corrected chi connectivity index (χ1v) is 10.6. The van der Waals surface area contributed by atoms with Gasteiger partial charge in [0.2, 0.25) is 5.91 Å². The molecule has 1 aromatic heterocycles.